The molecular formula is C14H9N3O6. The normalized spacial score (nSPS) is 10.4. The van der Waals surface area contributed by atoms with Gasteiger partial charge in [0.25, 0.3) is 11.6 Å². The number of ether oxygens (including phenoxy) is 1. The molecule has 9 nitrogen and oxygen atoms in total. The minimum atomic E-state index is -0.648. The molecule has 2 aromatic heterocycles. The van der Waals surface area contributed by atoms with E-state index in [-0.39, 0.29) is 29.8 Å². The molecule has 0 fully saturated rings. The maximum atomic E-state index is 11.6. The van der Waals surface area contributed by atoms with Crippen molar-refractivity contribution in [1.29, 1.82) is 0 Å². The number of hydrogen-bond donors (Lipinski definition) is 0. The SMILES string of the molecule is O=C(OCc1nnc(-c2ccc([N+](=O)[O-])cc2)o1)c1ccco1. The Labute approximate surface area is 128 Å². The van der Waals surface area contributed by atoms with Crippen LogP contribution in [0.3, 0.4) is 0 Å². The van der Waals surface area contributed by atoms with Crippen LogP contribution in [0.4, 0.5) is 5.69 Å². The summed E-state index contributed by atoms with van der Waals surface area (Å²) in [5.41, 5.74) is 0.479. The number of rotatable bonds is 5. The Hall–Kier alpha value is -3.49. The van der Waals surface area contributed by atoms with Gasteiger partial charge in [-0.05, 0) is 24.3 Å². The van der Waals surface area contributed by atoms with Crippen LogP contribution >= 0.6 is 0 Å². The van der Waals surface area contributed by atoms with E-state index in [4.69, 9.17) is 13.6 Å². The van der Waals surface area contributed by atoms with Crippen molar-refractivity contribution in [2.75, 3.05) is 0 Å². The Morgan fingerprint density at radius 1 is 1.22 bits per heavy atom. The van der Waals surface area contributed by atoms with Gasteiger partial charge in [-0.25, -0.2) is 4.79 Å². The van der Waals surface area contributed by atoms with Crippen LogP contribution < -0.4 is 0 Å². The number of esters is 1. The van der Waals surface area contributed by atoms with E-state index in [1.54, 1.807) is 6.07 Å². The van der Waals surface area contributed by atoms with Gasteiger partial charge in [0, 0.05) is 17.7 Å². The predicted octanol–water partition coefficient (Wildman–Crippen LogP) is 2.59. The first-order valence-corrected chi connectivity index (χ1v) is 6.41. The van der Waals surface area contributed by atoms with Crippen LogP contribution in [0.5, 0.6) is 0 Å². The van der Waals surface area contributed by atoms with Gasteiger partial charge in [0.05, 0.1) is 11.2 Å². The fourth-order valence-corrected chi connectivity index (χ4v) is 1.75. The second-order valence-corrected chi connectivity index (χ2v) is 4.36. The van der Waals surface area contributed by atoms with E-state index in [1.807, 2.05) is 0 Å². The Morgan fingerprint density at radius 2 is 2.00 bits per heavy atom. The van der Waals surface area contributed by atoms with Crippen LogP contribution in [0, 0.1) is 10.1 Å². The van der Waals surface area contributed by atoms with Crippen molar-refractivity contribution in [2.24, 2.45) is 0 Å². The smallest absolute Gasteiger partial charge is 0.374 e. The van der Waals surface area contributed by atoms with Crippen molar-refractivity contribution in [1.82, 2.24) is 10.2 Å². The Morgan fingerprint density at radius 3 is 2.65 bits per heavy atom. The maximum absolute atomic E-state index is 11.6. The van der Waals surface area contributed by atoms with Crippen LogP contribution in [0.15, 0.2) is 51.5 Å². The molecule has 0 aliphatic rings. The zero-order chi connectivity index (χ0) is 16.2. The molecule has 9 heteroatoms. The number of nitrogens with zero attached hydrogens (tertiary/aromatic N) is 3. The zero-order valence-electron chi connectivity index (χ0n) is 11.5. The van der Waals surface area contributed by atoms with Crippen LogP contribution in [-0.4, -0.2) is 21.1 Å². The molecule has 0 saturated carbocycles. The number of carbonyl (C=O) groups excluding carboxylic acids is 1. The molecule has 0 amide bonds. The van der Waals surface area contributed by atoms with E-state index in [1.165, 1.54) is 36.6 Å². The number of nitro benzene ring substituents is 1. The number of non-ortho nitro benzene ring substituents is 1. The molecule has 23 heavy (non-hydrogen) atoms. The highest BCUT2D eigenvalue weighted by atomic mass is 16.6. The molecule has 1 aromatic carbocycles. The summed E-state index contributed by atoms with van der Waals surface area (Å²) in [7, 11) is 0. The molecule has 0 N–H and O–H groups in total. The van der Waals surface area contributed by atoms with Crippen molar-refractivity contribution in [3.05, 3.63) is 64.4 Å². The van der Waals surface area contributed by atoms with Crippen molar-refractivity contribution in [3.63, 3.8) is 0 Å². The number of benzene rings is 1. The standard InChI is InChI=1S/C14H9N3O6/c18-14(11-2-1-7-21-11)22-8-12-15-16-13(23-12)9-3-5-10(6-4-9)17(19)20/h1-7H,8H2. The molecule has 3 aromatic rings. The lowest BCUT2D eigenvalue weighted by atomic mass is 10.2. The Bertz CT molecular complexity index is 823. The zero-order valence-corrected chi connectivity index (χ0v) is 11.5. The van der Waals surface area contributed by atoms with Crippen molar-refractivity contribution < 1.29 is 23.3 Å². The molecule has 3 rings (SSSR count). The minimum absolute atomic E-state index is 0.0409. The number of aromatic nitrogens is 2. The van der Waals surface area contributed by atoms with E-state index < -0.39 is 10.9 Å². The molecule has 0 unspecified atom stereocenters. The summed E-state index contributed by atoms with van der Waals surface area (Å²) >= 11 is 0. The van der Waals surface area contributed by atoms with Gasteiger partial charge in [-0.15, -0.1) is 10.2 Å². The third-order valence-corrected chi connectivity index (χ3v) is 2.84. The van der Waals surface area contributed by atoms with Crippen LogP contribution in [-0.2, 0) is 11.3 Å². The minimum Gasteiger partial charge on any atom is -0.457 e. The van der Waals surface area contributed by atoms with Gasteiger partial charge in [0.1, 0.15) is 0 Å². The fourth-order valence-electron chi connectivity index (χ4n) is 1.75. The highest BCUT2D eigenvalue weighted by Gasteiger charge is 2.14. The second-order valence-electron chi connectivity index (χ2n) is 4.36. The maximum Gasteiger partial charge on any atom is 0.374 e. The third-order valence-electron chi connectivity index (χ3n) is 2.84. The Kier molecular flexibility index (Phi) is 3.83. The van der Waals surface area contributed by atoms with E-state index in [0.717, 1.165) is 0 Å². The monoisotopic (exact) mass is 315 g/mol. The summed E-state index contributed by atoms with van der Waals surface area (Å²) in [4.78, 5) is 21.7. The van der Waals surface area contributed by atoms with Crippen molar-refractivity contribution >= 4 is 11.7 Å². The summed E-state index contributed by atoms with van der Waals surface area (Å²) in [6, 6.07) is 8.68. The molecule has 0 spiro atoms. The van der Waals surface area contributed by atoms with Gasteiger partial charge in [-0.3, -0.25) is 10.1 Å². The van der Waals surface area contributed by atoms with Gasteiger partial charge in [-0.1, -0.05) is 0 Å². The highest BCUT2D eigenvalue weighted by molar-refractivity contribution is 5.86. The lowest BCUT2D eigenvalue weighted by molar-refractivity contribution is -0.384. The van der Waals surface area contributed by atoms with Crippen molar-refractivity contribution in [3.8, 4) is 11.5 Å². The average molecular weight is 315 g/mol. The van der Waals surface area contributed by atoms with Gasteiger partial charge in [0.15, 0.2) is 6.61 Å². The molecule has 0 aliphatic heterocycles. The Balaban J connectivity index is 1.66. The molecule has 0 atom stereocenters. The quantitative estimate of drug-likeness (QED) is 0.400. The van der Waals surface area contributed by atoms with Crippen LogP contribution in [0.25, 0.3) is 11.5 Å². The first kappa shape index (κ1) is 14.4. The number of carbonyl (C=O) groups is 1. The lowest BCUT2D eigenvalue weighted by Gasteiger charge is -1.98. The second kappa shape index (κ2) is 6.10. The number of hydrogen-bond acceptors (Lipinski definition) is 8. The van der Waals surface area contributed by atoms with E-state index in [2.05, 4.69) is 10.2 Å². The van der Waals surface area contributed by atoms with Crippen molar-refractivity contribution in [2.45, 2.75) is 6.61 Å². The van der Waals surface area contributed by atoms with Crippen LogP contribution in [0.2, 0.25) is 0 Å². The van der Waals surface area contributed by atoms with Gasteiger partial charge < -0.3 is 13.6 Å². The molecule has 116 valence electrons. The fraction of sp³-hybridized carbons (Fsp3) is 0.0714. The molecular weight excluding hydrogens is 306 g/mol. The number of furan rings is 1. The summed E-state index contributed by atoms with van der Waals surface area (Å²) < 4.78 is 15.2. The lowest BCUT2D eigenvalue weighted by Crippen LogP contribution is -2.04. The molecule has 0 saturated heterocycles. The largest absolute Gasteiger partial charge is 0.457 e. The third kappa shape index (κ3) is 3.23. The summed E-state index contributed by atoms with van der Waals surface area (Å²) in [5, 5.41) is 18.1. The topological polar surface area (TPSA) is 122 Å². The summed E-state index contributed by atoms with van der Waals surface area (Å²) in [6.45, 7) is -0.209. The average Bonchev–Trinajstić information content (AvgIpc) is 3.24. The van der Waals surface area contributed by atoms with Crippen LogP contribution in [0.1, 0.15) is 16.4 Å². The van der Waals surface area contributed by atoms with Gasteiger partial charge in [-0.2, -0.15) is 0 Å². The summed E-state index contributed by atoms with van der Waals surface area (Å²) in [6.07, 6.45) is 1.36. The number of nitro groups is 1. The van der Waals surface area contributed by atoms with E-state index in [9.17, 15) is 14.9 Å². The molecule has 0 aliphatic carbocycles. The predicted molar refractivity (Wildman–Crippen MR) is 74.2 cm³/mol. The van der Waals surface area contributed by atoms with Gasteiger partial charge in [0.2, 0.25) is 11.7 Å². The summed E-state index contributed by atoms with van der Waals surface area (Å²) in [5.74, 6) is -0.313. The molecule has 0 radical (unpaired) electrons. The van der Waals surface area contributed by atoms with E-state index >= 15 is 0 Å². The molecule has 2 heterocycles. The van der Waals surface area contributed by atoms with E-state index in [0.29, 0.717) is 5.56 Å². The molecule has 0 bridgehead atoms. The highest BCUT2D eigenvalue weighted by Crippen LogP contribution is 2.21. The first-order chi connectivity index (χ1) is 11.1. The van der Waals surface area contributed by atoms with Gasteiger partial charge >= 0.3 is 5.97 Å². The first-order valence-electron chi connectivity index (χ1n) is 6.41.